The Kier molecular flexibility index (Phi) is 5.97. The number of oxazole rings is 1. The number of piperidine rings is 1. The van der Waals surface area contributed by atoms with Gasteiger partial charge < -0.3 is 9.73 Å². The van der Waals surface area contributed by atoms with E-state index in [-0.39, 0.29) is 17.7 Å². The molecule has 0 radical (unpaired) electrons. The molecule has 0 saturated carbocycles. The quantitative estimate of drug-likeness (QED) is 0.643. The Bertz CT molecular complexity index is 1090. The monoisotopic (exact) mass is 427 g/mol. The zero-order chi connectivity index (χ0) is 21.3. The van der Waals surface area contributed by atoms with Gasteiger partial charge in [-0.3, -0.25) is 14.3 Å². The van der Waals surface area contributed by atoms with Crippen molar-refractivity contribution in [2.45, 2.75) is 38.6 Å². The Morgan fingerprint density at radius 1 is 1.17 bits per heavy atom. The first-order chi connectivity index (χ1) is 14.4. The lowest BCUT2D eigenvalue weighted by Crippen LogP contribution is -2.40. The van der Waals surface area contributed by atoms with Gasteiger partial charge in [-0.1, -0.05) is 37.6 Å². The average molecular weight is 428 g/mol. The molecule has 2 aromatic carbocycles. The topological polar surface area (TPSA) is 67.5 Å². The van der Waals surface area contributed by atoms with E-state index in [0.717, 1.165) is 37.1 Å². The molecule has 1 saturated heterocycles. The van der Waals surface area contributed by atoms with E-state index in [9.17, 15) is 9.59 Å². The molecule has 4 rings (SSSR count). The summed E-state index contributed by atoms with van der Waals surface area (Å²) in [4.78, 5) is 26.9. The smallest absolute Gasteiger partial charge is 0.408 e. The van der Waals surface area contributed by atoms with Crippen LogP contribution in [0.1, 0.15) is 44.2 Å². The number of anilines is 1. The molecule has 3 aromatic rings. The molecule has 6 nitrogen and oxygen atoms in total. The largest absolute Gasteiger partial charge is 0.420 e. The van der Waals surface area contributed by atoms with Crippen LogP contribution in [0.2, 0.25) is 5.02 Å². The third kappa shape index (κ3) is 4.45. The molecule has 0 spiro atoms. The number of halogens is 1. The molecule has 30 heavy (non-hydrogen) atoms. The summed E-state index contributed by atoms with van der Waals surface area (Å²) in [7, 11) is 0. The molecule has 158 valence electrons. The molecule has 0 aliphatic carbocycles. The number of aromatic nitrogens is 1. The van der Waals surface area contributed by atoms with Gasteiger partial charge in [-0.15, -0.1) is 0 Å². The lowest BCUT2D eigenvalue weighted by atomic mass is 10.0. The zero-order valence-electron chi connectivity index (χ0n) is 17.2. The summed E-state index contributed by atoms with van der Waals surface area (Å²) < 4.78 is 7.06. The molecular weight excluding hydrogens is 402 g/mol. The van der Waals surface area contributed by atoms with E-state index in [1.165, 1.54) is 5.56 Å². The maximum atomic E-state index is 12.4. The van der Waals surface area contributed by atoms with Crippen LogP contribution in [-0.4, -0.2) is 35.0 Å². The maximum absolute atomic E-state index is 12.4. The third-order valence-corrected chi connectivity index (χ3v) is 5.96. The van der Waals surface area contributed by atoms with Crippen molar-refractivity contribution in [3.8, 4) is 0 Å². The van der Waals surface area contributed by atoms with Crippen molar-refractivity contribution >= 4 is 34.3 Å². The van der Waals surface area contributed by atoms with Gasteiger partial charge in [0.15, 0.2) is 5.58 Å². The summed E-state index contributed by atoms with van der Waals surface area (Å²) in [5, 5.41) is 3.54. The second-order valence-electron chi connectivity index (χ2n) is 8.18. The number of benzene rings is 2. The number of carbonyl (C=O) groups is 1. The number of rotatable bonds is 5. The number of hydrogen-bond donors (Lipinski definition) is 1. The molecular formula is C23H26ClN3O3. The molecule has 7 heteroatoms. The fraction of sp³-hybridized carbons (Fsp3) is 0.391. The van der Waals surface area contributed by atoms with Crippen LogP contribution in [0.25, 0.3) is 11.1 Å². The number of likely N-dealkylation sites (tertiary alicyclic amines) is 1. The highest BCUT2D eigenvalue weighted by Gasteiger charge is 2.25. The zero-order valence-corrected chi connectivity index (χ0v) is 18.0. The summed E-state index contributed by atoms with van der Waals surface area (Å²) in [5.74, 6) is 0.0867. The van der Waals surface area contributed by atoms with Crippen LogP contribution in [-0.2, 0) is 4.79 Å². The van der Waals surface area contributed by atoms with Crippen LogP contribution in [0.4, 0.5) is 5.69 Å². The second kappa shape index (κ2) is 8.66. The van der Waals surface area contributed by atoms with Crippen LogP contribution in [0.15, 0.2) is 51.7 Å². The van der Waals surface area contributed by atoms with Crippen molar-refractivity contribution in [2.75, 3.05) is 25.0 Å². The first-order valence-corrected chi connectivity index (χ1v) is 10.7. The van der Waals surface area contributed by atoms with Crippen LogP contribution in [0.3, 0.4) is 0 Å². The van der Waals surface area contributed by atoms with Crippen molar-refractivity contribution in [2.24, 2.45) is 0 Å². The Morgan fingerprint density at radius 2 is 1.87 bits per heavy atom. The Labute approximate surface area is 180 Å². The number of nitrogens with one attached hydrogen (secondary N) is 1. The van der Waals surface area contributed by atoms with E-state index in [2.05, 4.69) is 24.1 Å². The van der Waals surface area contributed by atoms with Crippen LogP contribution < -0.4 is 11.1 Å². The number of nitrogens with zero attached hydrogens (tertiary/aromatic N) is 2. The van der Waals surface area contributed by atoms with Gasteiger partial charge in [-0.2, -0.15) is 0 Å². The highest BCUT2D eigenvalue weighted by Crippen LogP contribution is 2.27. The lowest BCUT2D eigenvalue weighted by Gasteiger charge is -2.31. The van der Waals surface area contributed by atoms with Crippen molar-refractivity contribution in [3.63, 3.8) is 0 Å². The van der Waals surface area contributed by atoms with Crippen molar-refractivity contribution < 1.29 is 9.21 Å². The SMILES string of the molecule is CC(C)c1ccc(NC(=O)CN2CCC(n3c(=O)oc4ccc(Cl)cc43)CC2)cc1. The fourth-order valence-corrected chi connectivity index (χ4v) is 4.21. The number of carbonyl (C=O) groups excluding carboxylic acids is 1. The fourth-order valence-electron chi connectivity index (χ4n) is 4.04. The predicted molar refractivity (Wildman–Crippen MR) is 119 cm³/mol. The van der Waals surface area contributed by atoms with Gasteiger partial charge in [0.1, 0.15) is 0 Å². The van der Waals surface area contributed by atoms with Gasteiger partial charge in [-0.05, 0) is 54.7 Å². The Hall–Kier alpha value is -2.57. The van der Waals surface area contributed by atoms with E-state index in [4.69, 9.17) is 16.0 Å². The van der Waals surface area contributed by atoms with Gasteiger partial charge in [0.05, 0.1) is 12.1 Å². The molecule has 1 fully saturated rings. The molecule has 0 unspecified atom stereocenters. The van der Waals surface area contributed by atoms with Gasteiger partial charge in [0.25, 0.3) is 0 Å². The molecule has 2 heterocycles. The minimum absolute atomic E-state index is 0.0246. The number of fused-ring (bicyclic) bond motifs is 1. The Balaban J connectivity index is 1.35. The van der Waals surface area contributed by atoms with Crippen molar-refractivity contribution in [1.82, 2.24) is 9.47 Å². The van der Waals surface area contributed by atoms with E-state index in [1.54, 1.807) is 22.8 Å². The summed E-state index contributed by atoms with van der Waals surface area (Å²) in [5.41, 5.74) is 3.34. The first-order valence-electron chi connectivity index (χ1n) is 10.3. The van der Waals surface area contributed by atoms with Crippen LogP contribution in [0, 0.1) is 0 Å². The standard InChI is InChI=1S/C23H26ClN3O3/c1-15(2)16-3-6-18(7-4-16)25-22(28)14-26-11-9-19(10-12-26)27-20-13-17(24)5-8-21(20)30-23(27)29/h3-8,13,15,19H,9-12,14H2,1-2H3,(H,25,28). The van der Waals surface area contributed by atoms with Gasteiger partial charge in [-0.25, -0.2) is 4.79 Å². The number of amides is 1. The van der Waals surface area contributed by atoms with E-state index < -0.39 is 0 Å². The molecule has 1 aliphatic rings. The van der Waals surface area contributed by atoms with Gasteiger partial charge >= 0.3 is 5.76 Å². The normalized spacial score (nSPS) is 15.7. The highest BCUT2D eigenvalue weighted by molar-refractivity contribution is 6.31. The second-order valence-corrected chi connectivity index (χ2v) is 8.62. The molecule has 0 bridgehead atoms. The van der Waals surface area contributed by atoms with E-state index in [0.29, 0.717) is 23.1 Å². The third-order valence-electron chi connectivity index (χ3n) is 5.73. The summed E-state index contributed by atoms with van der Waals surface area (Å²) in [6.45, 7) is 6.11. The molecule has 1 aromatic heterocycles. The summed E-state index contributed by atoms with van der Waals surface area (Å²) >= 11 is 6.10. The molecule has 1 aliphatic heterocycles. The number of hydrogen-bond acceptors (Lipinski definition) is 4. The Morgan fingerprint density at radius 3 is 2.53 bits per heavy atom. The van der Waals surface area contributed by atoms with Crippen LogP contribution in [0.5, 0.6) is 0 Å². The molecule has 1 N–H and O–H groups in total. The maximum Gasteiger partial charge on any atom is 0.420 e. The molecule has 0 atom stereocenters. The average Bonchev–Trinajstić information content (AvgIpc) is 3.04. The first kappa shape index (κ1) is 20.7. The lowest BCUT2D eigenvalue weighted by molar-refractivity contribution is -0.117. The minimum atomic E-state index is -0.353. The minimum Gasteiger partial charge on any atom is -0.408 e. The van der Waals surface area contributed by atoms with Crippen molar-refractivity contribution in [3.05, 3.63) is 63.6 Å². The van der Waals surface area contributed by atoms with Crippen LogP contribution >= 0.6 is 11.6 Å². The summed E-state index contributed by atoms with van der Waals surface area (Å²) in [6, 6.07) is 13.2. The van der Waals surface area contributed by atoms with E-state index in [1.807, 2.05) is 24.3 Å². The highest BCUT2D eigenvalue weighted by atomic mass is 35.5. The van der Waals surface area contributed by atoms with Gasteiger partial charge in [0, 0.05) is 29.8 Å². The van der Waals surface area contributed by atoms with Gasteiger partial charge in [0.2, 0.25) is 5.91 Å². The predicted octanol–water partition coefficient (Wildman–Crippen LogP) is 4.65. The van der Waals surface area contributed by atoms with Crippen molar-refractivity contribution in [1.29, 1.82) is 0 Å². The van der Waals surface area contributed by atoms with E-state index >= 15 is 0 Å². The summed E-state index contributed by atoms with van der Waals surface area (Å²) in [6.07, 6.45) is 1.55. The molecule has 1 amide bonds.